The highest BCUT2D eigenvalue weighted by Gasteiger charge is 2.30. The molecule has 2 amide bonds. The minimum atomic E-state index is -0.592. The first kappa shape index (κ1) is 13.6. The van der Waals surface area contributed by atoms with Gasteiger partial charge in [0.1, 0.15) is 11.7 Å². The number of fused-ring (bicyclic) bond motifs is 3. The van der Waals surface area contributed by atoms with E-state index in [0.717, 1.165) is 16.6 Å². The van der Waals surface area contributed by atoms with Crippen LogP contribution in [0.1, 0.15) is 10.5 Å². The van der Waals surface area contributed by atoms with Crippen LogP contribution in [0.25, 0.3) is 10.9 Å². The van der Waals surface area contributed by atoms with E-state index in [1.807, 2.05) is 65.2 Å². The average Bonchev–Trinajstić information content (AvgIpc) is 2.95. The predicted molar refractivity (Wildman–Crippen MR) is 88.3 cm³/mol. The summed E-state index contributed by atoms with van der Waals surface area (Å²) in [5.74, 6) is -0.436. The van der Waals surface area contributed by atoms with Crippen molar-refractivity contribution in [1.29, 1.82) is 0 Å². The van der Waals surface area contributed by atoms with Crippen LogP contribution in [0.5, 0.6) is 0 Å². The van der Waals surface area contributed by atoms with Gasteiger partial charge in [0.2, 0.25) is 5.91 Å². The van der Waals surface area contributed by atoms with Gasteiger partial charge in [0.05, 0.1) is 6.54 Å². The fourth-order valence-electron chi connectivity index (χ4n) is 2.95. The largest absolute Gasteiger partial charge is 0.337 e. The van der Waals surface area contributed by atoms with Crippen molar-refractivity contribution in [2.24, 2.45) is 0 Å². The summed E-state index contributed by atoms with van der Waals surface area (Å²) in [5.41, 5.74) is 2.28. The topological polar surface area (TPSA) is 63.1 Å². The second-order valence-corrected chi connectivity index (χ2v) is 5.58. The highest BCUT2D eigenvalue weighted by atomic mass is 16.2. The molecule has 2 heterocycles. The van der Waals surface area contributed by atoms with Crippen LogP contribution >= 0.6 is 0 Å². The summed E-state index contributed by atoms with van der Waals surface area (Å²) in [6.07, 6.45) is 0. The van der Waals surface area contributed by atoms with E-state index in [-0.39, 0.29) is 11.8 Å². The van der Waals surface area contributed by atoms with E-state index < -0.39 is 6.04 Å². The first-order valence-electron chi connectivity index (χ1n) is 7.47. The number of nitrogens with zero attached hydrogens (tertiary/aromatic N) is 1. The molecule has 1 aromatic heterocycles. The van der Waals surface area contributed by atoms with Crippen molar-refractivity contribution in [2.45, 2.75) is 12.6 Å². The third-order valence-corrected chi connectivity index (χ3v) is 4.07. The van der Waals surface area contributed by atoms with E-state index in [2.05, 4.69) is 10.6 Å². The highest BCUT2D eigenvalue weighted by molar-refractivity contribution is 6.04. The van der Waals surface area contributed by atoms with Gasteiger partial charge in [-0.3, -0.25) is 9.59 Å². The zero-order chi connectivity index (χ0) is 15.8. The van der Waals surface area contributed by atoms with Gasteiger partial charge >= 0.3 is 0 Å². The van der Waals surface area contributed by atoms with Gasteiger partial charge in [-0.25, -0.2) is 0 Å². The Hall–Kier alpha value is -3.08. The quantitative estimate of drug-likeness (QED) is 0.763. The van der Waals surface area contributed by atoms with E-state index in [1.165, 1.54) is 0 Å². The lowest BCUT2D eigenvalue weighted by Crippen LogP contribution is -2.50. The molecule has 0 aliphatic carbocycles. The fourth-order valence-corrected chi connectivity index (χ4v) is 2.95. The maximum absolute atomic E-state index is 12.4. The van der Waals surface area contributed by atoms with E-state index in [1.54, 1.807) is 0 Å². The number of amides is 2. The molecule has 1 atom stereocenters. The summed E-state index contributed by atoms with van der Waals surface area (Å²) in [6.45, 7) is 0.424. The van der Waals surface area contributed by atoms with Crippen LogP contribution in [0.15, 0.2) is 60.7 Å². The zero-order valence-electron chi connectivity index (χ0n) is 12.3. The van der Waals surface area contributed by atoms with Gasteiger partial charge in [-0.2, -0.15) is 0 Å². The van der Waals surface area contributed by atoms with E-state index in [9.17, 15) is 9.59 Å². The molecule has 2 aromatic carbocycles. The molecule has 0 spiro atoms. The van der Waals surface area contributed by atoms with Gasteiger partial charge in [0, 0.05) is 16.6 Å². The smallest absolute Gasteiger partial charge is 0.268 e. The third-order valence-electron chi connectivity index (χ3n) is 4.07. The van der Waals surface area contributed by atoms with Crippen LogP contribution in [0.4, 0.5) is 5.69 Å². The van der Waals surface area contributed by atoms with Gasteiger partial charge < -0.3 is 15.2 Å². The number of para-hydroxylation sites is 2. The van der Waals surface area contributed by atoms with Crippen LogP contribution in [0, 0.1) is 0 Å². The Morgan fingerprint density at radius 1 is 1.09 bits per heavy atom. The molecule has 0 bridgehead atoms. The molecule has 114 valence electrons. The molecule has 5 heteroatoms. The molecule has 0 radical (unpaired) electrons. The van der Waals surface area contributed by atoms with Crippen molar-refractivity contribution in [3.63, 3.8) is 0 Å². The van der Waals surface area contributed by atoms with Crippen LogP contribution in [-0.4, -0.2) is 22.4 Å². The van der Waals surface area contributed by atoms with Gasteiger partial charge in [0.25, 0.3) is 5.91 Å². The number of hydrogen-bond acceptors (Lipinski definition) is 2. The van der Waals surface area contributed by atoms with Crippen LogP contribution in [0.2, 0.25) is 0 Å². The number of rotatable bonds is 2. The molecule has 2 N–H and O–H groups in total. The second-order valence-electron chi connectivity index (χ2n) is 5.58. The molecular weight excluding hydrogens is 290 g/mol. The molecule has 1 aliphatic rings. The highest BCUT2D eigenvalue weighted by Crippen LogP contribution is 2.23. The number of benzene rings is 2. The minimum absolute atomic E-state index is 0.215. The van der Waals surface area contributed by atoms with Crippen molar-refractivity contribution in [3.8, 4) is 0 Å². The standard InChI is InChI=1S/C18H15N3O2/c22-17(19-13-7-2-1-3-8-13)14-11-21-15-9-5-4-6-12(15)10-16(21)18(23)20-14/h1-10,14H,11H2,(H,19,22)(H,20,23)/t14-/m0/s1. The third kappa shape index (κ3) is 2.36. The number of hydrogen-bond donors (Lipinski definition) is 2. The molecule has 5 nitrogen and oxygen atoms in total. The summed E-state index contributed by atoms with van der Waals surface area (Å²) in [7, 11) is 0. The number of carbonyl (C=O) groups excluding carboxylic acids is 2. The minimum Gasteiger partial charge on any atom is -0.337 e. The van der Waals surface area contributed by atoms with Crippen molar-refractivity contribution < 1.29 is 9.59 Å². The van der Waals surface area contributed by atoms with E-state index >= 15 is 0 Å². The first-order valence-corrected chi connectivity index (χ1v) is 7.47. The first-order chi connectivity index (χ1) is 11.2. The Labute approximate surface area is 132 Å². The van der Waals surface area contributed by atoms with Gasteiger partial charge in [-0.05, 0) is 24.3 Å². The Morgan fingerprint density at radius 2 is 1.83 bits per heavy atom. The van der Waals surface area contributed by atoms with Crippen molar-refractivity contribution >= 4 is 28.4 Å². The zero-order valence-corrected chi connectivity index (χ0v) is 12.3. The lowest BCUT2D eigenvalue weighted by molar-refractivity contribution is -0.118. The van der Waals surface area contributed by atoms with Gasteiger partial charge in [0.15, 0.2) is 0 Å². The maximum Gasteiger partial charge on any atom is 0.268 e. The molecule has 4 rings (SSSR count). The van der Waals surface area contributed by atoms with Crippen LogP contribution in [0.3, 0.4) is 0 Å². The van der Waals surface area contributed by atoms with Crippen LogP contribution in [-0.2, 0) is 11.3 Å². The average molecular weight is 305 g/mol. The van der Waals surface area contributed by atoms with Gasteiger partial charge in [-0.15, -0.1) is 0 Å². The molecule has 23 heavy (non-hydrogen) atoms. The SMILES string of the molecule is O=C1N[C@H](C(=O)Nc2ccccc2)Cn2c1cc1ccccc12. The Balaban J connectivity index is 1.63. The van der Waals surface area contributed by atoms with Crippen LogP contribution < -0.4 is 10.6 Å². The normalized spacial score (nSPS) is 16.7. The molecule has 0 fully saturated rings. The summed E-state index contributed by atoms with van der Waals surface area (Å²) in [4.78, 5) is 24.8. The monoisotopic (exact) mass is 305 g/mol. The molecule has 0 saturated carbocycles. The molecule has 3 aromatic rings. The summed E-state index contributed by atoms with van der Waals surface area (Å²) < 4.78 is 1.91. The van der Waals surface area contributed by atoms with Crippen molar-refractivity contribution in [2.75, 3.05) is 5.32 Å². The van der Waals surface area contributed by atoms with Gasteiger partial charge in [-0.1, -0.05) is 36.4 Å². The molecule has 0 unspecified atom stereocenters. The molecule has 0 saturated heterocycles. The maximum atomic E-state index is 12.4. The van der Waals surface area contributed by atoms with Crippen molar-refractivity contribution in [1.82, 2.24) is 9.88 Å². The Kier molecular flexibility index (Phi) is 3.12. The summed E-state index contributed by atoms with van der Waals surface area (Å²) in [6, 6.07) is 18.3. The lowest BCUT2D eigenvalue weighted by atomic mass is 10.2. The molecule has 1 aliphatic heterocycles. The van der Waals surface area contributed by atoms with Crippen molar-refractivity contribution in [3.05, 3.63) is 66.4 Å². The number of carbonyl (C=O) groups is 2. The predicted octanol–water partition coefficient (Wildman–Crippen LogP) is 2.39. The second kappa shape index (κ2) is 5.28. The van der Waals surface area contributed by atoms with E-state index in [4.69, 9.17) is 0 Å². The van der Waals surface area contributed by atoms with E-state index in [0.29, 0.717) is 12.2 Å². The lowest BCUT2D eigenvalue weighted by Gasteiger charge is -2.25. The fraction of sp³-hybridized carbons (Fsp3) is 0.111. The Morgan fingerprint density at radius 3 is 2.65 bits per heavy atom. The number of aromatic nitrogens is 1. The number of anilines is 1. The summed E-state index contributed by atoms with van der Waals surface area (Å²) >= 11 is 0. The summed E-state index contributed by atoms with van der Waals surface area (Å²) in [5, 5.41) is 6.62. The molecular formula is C18H15N3O2. The number of nitrogens with one attached hydrogen (secondary N) is 2. The Bertz CT molecular complexity index is 899.